The molecule has 18 heavy (non-hydrogen) atoms. The van der Waals surface area contributed by atoms with Gasteiger partial charge in [-0.05, 0) is 47.7 Å². The van der Waals surface area contributed by atoms with E-state index in [-0.39, 0.29) is 11.7 Å². The number of nitrogens with zero attached hydrogens (tertiary/aromatic N) is 2. The van der Waals surface area contributed by atoms with Crippen LogP contribution in [0.1, 0.15) is 16.1 Å². The summed E-state index contributed by atoms with van der Waals surface area (Å²) in [6, 6.07) is 5.83. The molecule has 1 aromatic heterocycles. The van der Waals surface area contributed by atoms with E-state index in [4.69, 9.17) is 0 Å². The number of benzene rings is 1. The average molecular weight is 359 g/mol. The number of aromatic nitrogens is 2. The first-order valence-corrected chi connectivity index (χ1v) is 6.32. The van der Waals surface area contributed by atoms with Crippen molar-refractivity contribution >= 4 is 34.3 Å². The summed E-state index contributed by atoms with van der Waals surface area (Å²) in [6.45, 7) is 1.84. The lowest BCUT2D eigenvalue weighted by atomic mass is 10.2. The highest BCUT2D eigenvalue weighted by molar-refractivity contribution is 14.1. The van der Waals surface area contributed by atoms with Crippen molar-refractivity contribution in [3.63, 3.8) is 0 Å². The fourth-order valence-electron chi connectivity index (χ4n) is 1.58. The van der Waals surface area contributed by atoms with Gasteiger partial charge in [0.15, 0.2) is 0 Å². The first-order valence-electron chi connectivity index (χ1n) is 5.24. The summed E-state index contributed by atoms with van der Waals surface area (Å²) in [6.07, 6.45) is 0. The molecule has 0 saturated heterocycles. The second-order valence-corrected chi connectivity index (χ2v) is 5.04. The molecular weight excluding hydrogens is 348 g/mol. The summed E-state index contributed by atoms with van der Waals surface area (Å²) in [4.78, 5) is 12.0. The molecule has 2 aromatic rings. The van der Waals surface area contributed by atoms with Gasteiger partial charge in [0.05, 0.1) is 11.3 Å². The van der Waals surface area contributed by atoms with Crippen LogP contribution in [0.3, 0.4) is 0 Å². The molecule has 0 aliphatic rings. The highest BCUT2D eigenvalue weighted by atomic mass is 127. The quantitative estimate of drug-likeness (QED) is 0.839. The molecule has 0 aliphatic heterocycles. The van der Waals surface area contributed by atoms with Crippen molar-refractivity contribution in [2.24, 2.45) is 7.05 Å². The van der Waals surface area contributed by atoms with Crippen molar-refractivity contribution in [3.05, 3.63) is 44.9 Å². The van der Waals surface area contributed by atoms with Crippen LogP contribution < -0.4 is 5.32 Å². The van der Waals surface area contributed by atoms with Gasteiger partial charge in [-0.15, -0.1) is 0 Å². The molecule has 0 aliphatic carbocycles. The van der Waals surface area contributed by atoms with Crippen molar-refractivity contribution in [1.82, 2.24) is 9.78 Å². The molecule has 0 atom stereocenters. The van der Waals surface area contributed by atoms with E-state index in [1.54, 1.807) is 17.8 Å². The molecule has 0 spiro atoms. The van der Waals surface area contributed by atoms with Gasteiger partial charge >= 0.3 is 0 Å². The number of halogens is 2. The number of carbonyl (C=O) groups is 1. The summed E-state index contributed by atoms with van der Waals surface area (Å²) in [5.41, 5.74) is 1.26. The molecule has 1 amide bonds. The largest absolute Gasteiger partial charge is 0.307 e. The number of nitrogens with one attached hydrogen (secondary N) is 1. The average Bonchev–Trinajstić information content (AvgIpc) is 2.57. The Morgan fingerprint density at radius 3 is 2.72 bits per heavy atom. The van der Waals surface area contributed by atoms with Crippen LogP contribution in [-0.2, 0) is 7.05 Å². The predicted molar refractivity (Wildman–Crippen MR) is 75.0 cm³/mol. The van der Waals surface area contributed by atoms with Crippen molar-refractivity contribution in [2.45, 2.75) is 6.92 Å². The SMILES string of the molecule is Cc1cc(NC(=O)c2ccc(F)cc2I)n(C)n1. The number of rotatable bonds is 2. The van der Waals surface area contributed by atoms with Crippen molar-refractivity contribution < 1.29 is 9.18 Å². The first-order chi connectivity index (χ1) is 8.47. The second-order valence-electron chi connectivity index (χ2n) is 3.87. The molecular formula is C12H11FIN3O. The van der Waals surface area contributed by atoms with E-state index in [1.807, 2.05) is 29.5 Å². The molecule has 4 nitrogen and oxygen atoms in total. The molecule has 6 heteroatoms. The lowest BCUT2D eigenvalue weighted by Crippen LogP contribution is -2.15. The highest BCUT2D eigenvalue weighted by Crippen LogP contribution is 2.16. The van der Waals surface area contributed by atoms with E-state index in [9.17, 15) is 9.18 Å². The molecule has 0 bridgehead atoms. The van der Waals surface area contributed by atoms with Gasteiger partial charge in [-0.25, -0.2) is 4.39 Å². The first kappa shape index (κ1) is 13.0. The minimum absolute atomic E-state index is 0.276. The minimum atomic E-state index is -0.354. The Labute approximate surface area is 117 Å². The fourth-order valence-corrected chi connectivity index (χ4v) is 2.31. The Kier molecular flexibility index (Phi) is 3.65. The zero-order chi connectivity index (χ0) is 13.3. The molecule has 0 radical (unpaired) electrons. The molecule has 1 N–H and O–H groups in total. The Morgan fingerprint density at radius 1 is 1.44 bits per heavy atom. The van der Waals surface area contributed by atoms with Crippen LogP contribution in [0, 0.1) is 16.3 Å². The zero-order valence-electron chi connectivity index (χ0n) is 9.87. The Bertz CT molecular complexity index is 609. The third kappa shape index (κ3) is 2.69. The lowest BCUT2D eigenvalue weighted by molar-refractivity contribution is 0.102. The molecule has 1 heterocycles. The van der Waals surface area contributed by atoms with Gasteiger partial charge < -0.3 is 5.32 Å². The van der Waals surface area contributed by atoms with Crippen LogP contribution in [-0.4, -0.2) is 15.7 Å². The maximum Gasteiger partial charge on any atom is 0.257 e. The zero-order valence-corrected chi connectivity index (χ0v) is 12.0. The van der Waals surface area contributed by atoms with E-state index in [0.29, 0.717) is 15.0 Å². The van der Waals surface area contributed by atoms with Gasteiger partial charge in [0, 0.05) is 16.7 Å². The van der Waals surface area contributed by atoms with Gasteiger partial charge in [0.2, 0.25) is 0 Å². The Balaban J connectivity index is 2.24. The molecule has 0 fully saturated rings. The van der Waals surface area contributed by atoms with E-state index in [2.05, 4.69) is 10.4 Å². The fraction of sp³-hybridized carbons (Fsp3) is 0.167. The summed E-state index contributed by atoms with van der Waals surface area (Å²) >= 11 is 1.93. The normalized spacial score (nSPS) is 10.4. The van der Waals surface area contributed by atoms with Crippen molar-refractivity contribution in [2.75, 3.05) is 5.32 Å². The lowest BCUT2D eigenvalue weighted by Gasteiger charge is -2.06. The molecule has 1 aromatic carbocycles. The summed E-state index contributed by atoms with van der Waals surface area (Å²) in [5, 5.41) is 6.88. The van der Waals surface area contributed by atoms with Crippen LogP contribution in [0.2, 0.25) is 0 Å². The monoisotopic (exact) mass is 359 g/mol. The van der Waals surface area contributed by atoms with E-state index >= 15 is 0 Å². The third-order valence-electron chi connectivity index (χ3n) is 2.42. The van der Waals surface area contributed by atoms with Crippen molar-refractivity contribution in [3.8, 4) is 0 Å². The van der Waals surface area contributed by atoms with E-state index in [1.165, 1.54) is 18.2 Å². The van der Waals surface area contributed by atoms with Crippen LogP contribution in [0.25, 0.3) is 0 Å². The number of aryl methyl sites for hydroxylation is 2. The smallest absolute Gasteiger partial charge is 0.257 e. The third-order valence-corrected chi connectivity index (χ3v) is 3.31. The van der Waals surface area contributed by atoms with E-state index < -0.39 is 0 Å². The van der Waals surface area contributed by atoms with Crippen LogP contribution in [0.5, 0.6) is 0 Å². The predicted octanol–water partition coefficient (Wildman–Crippen LogP) is 2.72. The maximum absolute atomic E-state index is 13.0. The van der Waals surface area contributed by atoms with Gasteiger partial charge in [0.25, 0.3) is 5.91 Å². The van der Waals surface area contributed by atoms with Crippen molar-refractivity contribution in [1.29, 1.82) is 0 Å². The molecule has 94 valence electrons. The van der Waals surface area contributed by atoms with Crippen LogP contribution in [0.4, 0.5) is 10.2 Å². The summed E-state index contributed by atoms with van der Waals surface area (Å²) < 4.78 is 15.1. The molecule has 2 rings (SSSR count). The van der Waals surface area contributed by atoms with Crippen LogP contribution >= 0.6 is 22.6 Å². The molecule has 0 saturated carbocycles. The second kappa shape index (κ2) is 5.05. The maximum atomic E-state index is 13.0. The standard InChI is InChI=1S/C12H11FIN3O/c1-7-5-11(17(2)16-7)15-12(18)9-4-3-8(13)6-10(9)14/h3-6H,1-2H3,(H,15,18). The van der Waals surface area contributed by atoms with Gasteiger partial charge in [-0.3, -0.25) is 9.48 Å². The van der Waals surface area contributed by atoms with Gasteiger partial charge in [0.1, 0.15) is 11.6 Å². The van der Waals surface area contributed by atoms with Gasteiger partial charge in [-0.2, -0.15) is 5.10 Å². The number of anilines is 1. The molecule has 0 unspecified atom stereocenters. The highest BCUT2D eigenvalue weighted by Gasteiger charge is 2.12. The van der Waals surface area contributed by atoms with Gasteiger partial charge in [-0.1, -0.05) is 0 Å². The Morgan fingerprint density at radius 2 is 2.17 bits per heavy atom. The summed E-state index contributed by atoms with van der Waals surface area (Å²) in [7, 11) is 1.75. The topological polar surface area (TPSA) is 46.9 Å². The Hall–Kier alpha value is -1.44. The number of amides is 1. The number of hydrogen-bond donors (Lipinski definition) is 1. The minimum Gasteiger partial charge on any atom is -0.307 e. The van der Waals surface area contributed by atoms with Crippen LogP contribution in [0.15, 0.2) is 24.3 Å². The van der Waals surface area contributed by atoms with E-state index in [0.717, 1.165) is 5.69 Å². The number of hydrogen-bond acceptors (Lipinski definition) is 2. The number of carbonyl (C=O) groups excluding carboxylic acids is 1. The summed E-state index contributed by atoms with van der Waals surface area (Å²) in [5.74, 6) is -0.0210.